The molecule has 0 aliphatic carbocycles. The van der Waals surface area contributed by atoms with Gasteiger partial charge < -0.3 is 4.74 Å². The Labute approximate surface area is 141 Å². The number of ether oxygens (including phenoxy) is 1. The van der Waals surface area contributed by atoms with Gasteiger partial charge in [-0.3, -0.25) is 4.98 Å². The van der Waals surface area contributed by atoms with Crippen molar-refractivity contribution in [1.29, 1.82) is 0 Å². The van der Waals surface area contributed by atoms with E-state index in [1.165, 1.54) is 11.3 Å². The molecule has 114 valence electrons. The molecule has 1 aromatic carbocycles. The molecule has 0 saturated heterocycles. The van der Waals surface area contributed by atoms with E-state index < -0.39 is 0 Å². The van der Waals surface area contributed by atoms with Crippen molar-refractivity contribution in [3.8, 4) is 22.2 Å². The molecule has 0 bridgehead atoms. The van der Waals surface area contributed by atoms with Crippen LogP contribution in [0.4, 0.5) is 0 Å². The lowest BCUT2D eigenvalue weighted by Crippen LogP contribution is -1.87. The van der Waals surface area contributed by atoms with E-state index in [4.69, 9.17) is 16.3 Å². The summed E-state index contributed by atoms with van der Waals surface area (Å²) in [4.78, 5) is 9.43. The summed E-state index contributed by atoms with van der Waals surface area (Å²) in [6.45, 7) is 1.93. The van der Waals surface area contributed by atoms with E-state index in [2.05, 4.69) is 15.1 Å². The first-order chi connectivity index (χ1) is 11.2. The van der Waals surface area contributed by atoms with E-state index in [0.717, 1.165) is 21.8 Å². The van der Waals surface area contributed by atoms with Crippen LogP contribution in [0.25, 0.3) is 16.2 Å². The molecule has 5 nitrogen and oxygen atoms in total. The standard InChI is InChI=1S/C16H11ClN4OS/c1-10-7-12(4-5-13(10)17)22-16-20-21-9-14(19-15(21)23-16)11-3-2-6-18-8-11/h2-9H,1H3. The highest BCUT2D eigenvalue weighted by Crippen LogP contribution is 2.30. The molecule has 4 rings (SSSR count). The van der Waals surface area contributed by atoms with Crippen LogP contribution in [0.3, 0.4) is 0 Å². The molecule has 0 amide bonds. The second-order valence-corrected chi connectivity index (χ2v) is 6.30. The molecular weight excluding hydrogens is 332 g/mol. The number of benzene rings is 1. The highest BCUT2D eigenvalue weighted by Gasteiger charge is 2.11. The summed E-state index contributed by atoms with van der Waals surface area (Å²) in [5.41, 5.74) is 2.76. The number of aryl methyl sites for hydroxylation is 1. The third-order valence-corrected chi connectivity index (χ3v) is 4.54. The van der Waals surface area contributed by atoms with Crippen LogP contribution in [-0.2, 0) is 0 Å². The zero-order chi connectivity index (χ0) is 15.8. The molecule has 23 heavy (non-hydrogen) atoms. The quantitative estimate of drug-likeness (QED) is 0.545. The van der Waals surface area contributed by atoms with Crippen LogP contribution in [0.1, 0.15) is 5.56 Å². The van der Waals surface area contributed by atoms with Gasteiger partial charge in [-0.1, -0.05) is 11.6 Å². The molecule has 0 saturated carbocycles. The SMILES string of the molecule is Cc1cc(Oc2nn3cc(-c4cccnc4)nc3s2)ccc1Cl. The van der Waals surface area contributed by atoms with Crippen molar-refractivity contribution in [2.24, 2.45) is 0 Å². The van der Waals surface area contributed by atoms with Crippen LogP contribution in [0.15, 0.2) is 48.9 Å². The first kappa shape index (κ1) is 14.2. The number of imidazole rings is 1. The third-order valence-electron chi connectivity index (χ3n) is 3.32. The molecule has 0 radical (unpaired) electrons. The van der Waals surface area contributed by atoms with Gasteiger partial charge in [0.2, 0.25) is 4.96 Å². The van der Waals surface area contributed by atoms with Gasteiger partial charge in [0.1, 0.15) is 5.75 Å². The van der Waals surface area contributed by atoms with E-state index in [1.54, 1.807) is 16.9 Å². The van der Waals surface area contributed by atoms with Gasteiger partial charge in [0, 0.05) is 23.0 Å². The van der Waals surface area contributed by atoms with Gasteiger partial charge in [0.25, 0.3) is 5.19 Å². The zero-order valence-corrected chi connectivity index (χ0v) is 13.7. The number of hydrogen-bond donors (Lipinski definition) is 0. The maximum absolute atomic E-state index is 6.02. The summed E-state index contributed by atoms with van der Waals surface area (Å²) >= 11 is 7.40. The largest absolute Gasteiger partial charge is 0.430 e. The maximum atomic E-state index is 6.02. The van der Waals surface area contributed by atoms with Crippen molar-refractivity contribution < 1.29 is 4.74 Å². The smallest absolute Gasteiger partial charge is 0.299 e. The summed E-state index contributed by atoms with van der Waals surface area (Å²) in [7, 11) is 0. The Kier molecular flexibility index (Phi) is 3.48. The minimum Gasteiger partial charge on any atom is -0.430 e. The Hall–Kier alpha value is -2.44. The van der Waals surface area contributed by atoms with Gasteiger partial charge >= 0.3 is 0 Å². The average molecular weight is 343 g/mol. The number of halogens is 1. The molecule has 7 heteroatoms. The first-order valence-corrected chi connectivity index (χ1v) is 8.09. The second-order valence-electron chi connectivity index (χ2n) is 4.98. The van der Waals surface area contributed by atoms with Crippen molar-refractivity contribution in [3.05, 3.63) is 59.5 Å². The van der Waals surface area contributed by atoms with E-state index in [0.29, 0.717) is 16.0 Å². The van der Waals surface area contributed by atoms with Crippen molar-refractivity contribution in [2.75, 3.05) is 0 Å². The first-order valence-electron chi connectivity index (χ1n) is 6.90. The van der Waals surface area contributed by atoms with Gasteiger partial charge in [0.15, 0.2) is 0 Å². The predicted molar refractivity (Wildman–Crippen MR) is 90.4 cm³/mol. The Morgan fingerprint density at radius 3 is 2.91 bits per heavy atom. The van der Waals surface area contributed by atoms with Crippen molar-refractivity contribution >= 4 is 27.9 Å². The molecule has 0 fully saturated rings. The molecule has 0 unspecified atom stereocenters. The molecular formula is C16H11ClN4OS. The average Bonchev–Trinajstić information content (AvgIpc) is 3.10. The normalized spacial score (nSPS) is 11.0. The molecule has 0 N–H and O–H groups in total. The van der Waals surface area contributed by atoms with Gasteiger partial charge in [-0.2, -0.15) is 0 Å². The second kappa shape index (κ2) is 5.64. The summed E-state index contributed by atoms with van der Waals surface area (Å²) in [6, 6.07) is 9.36. The number of nitrogens with zero attached hydrogens (tertiary/aromatic N) is 4. The number of rotatable bonds is 3. The Balaban J connectivity index is 1.62. The maximum Gasteiger partial charge on any atom is 0.299 e. The number of hydrogen-bond acceptors (Lipinski definition) is 5. The highest BCUT2D eigenvalue weighted by molar-refractivity contribution is 7.18. The summed E-state index contributed by atoms with van der Waals surface area (Å²) in [5.74, 6) is 0.705. The van der Waals surface area contributed by atoms with Crippen molar-refractivity contribution in [3.63, 3.8) is 0 Å². The van der Waals surface area contributed by atoms with Crippen LogP contribution in [-0.4, -0.2) is 19.6 Å². The molecule has 0 atom stereocenters. The minimum absolute atomic E-state index is 0.534. The van der Waals surface area contributed by atoms with E-state index >= 15 is 0 Å². The summed E-state index contributed by atoms with van der Waals surface area (Å²) in [5, 5.41) is 5.65. The fourth-order valence-electron chi connectivity index (χ4n) is 2.16. The van der Waals surface area contributed by atoms with Gasteiger partial charge in [-0.15, -0.1) is 5.10 Å². The lowest BCUT2D eigenvalue weighted by Gasteiger charge is -2.03. The number of fused-ring (bicyclic) bond motifs is 1. The molecule has 4 aromatic rings. The molecule has 0 spiro atoms. The van der Waals surface area contributed by atoms with Crippen LogP contribution < -0.4 is 4.74 Å². The van der Waals surface area contributed by atoms with Gasteiger partial charge in [-0.25, -0.2) is 9.50 Å². The topological polar surface area (TPSA) is 52.3 Å². The van der Waals surface area contributed by atoms with Crippen molar-refractivity contribution in [2.45, 2.75) is 6.92 Å². The molecule has 0 aliphatic rings. The van der Waals surface area contributed by atoms with E-state index in [9.17, 15) is 0 Å². The third kappa shape index (κ3) is 2.78. The van der Waals surface area contributed by atoms with Crippen LogP contribution >= 0.6 is 22.9 Å². The minimum atomic E-state index is 0.534. The summed E-state index contributed by atoms with van der Waals surface area (Å²) in [6.07, 6.45) is 5.38. The Bertz CT molecular complexity index is 949. The van der Waals surface area contributed by atoms with Crippen LogP contribution in [0.5, 0.6) is 10.9 Å². The molecule has 3 aromatic heterocycles. The summed E-state index contributed by atoms with van der Waals surface area (Å²) < 4.78 is 7.49. The van der Waals surface area contributed by atoms with Gasteiger partial charge in [-0.05, 0) is 54.2 Å². The van der Waals surface area contributed by atoms with Gasteiger partial charge in [0.05, 0.1) is 11.9 Å². The Morgan fingerprint density at radius 2 is 2.17 bits per heavy atom. The monoisotopic (exact) mass is 342 g/mol. The lowest BCUT2D eigenvalue weighted by atomic mass is 10.2. The molecule has 0 aliphatic heterocycles. The fourth-order valence-corrected chi connectivity index (χ4v) is 3.03. The lowest BCUT2D eigenvalue weighted by molar-refractivity contribution is 0.470. The Morgan fingerprint density at radius 1 is 1.26 bits per heavy atom. The molecule has 3 heterocycles. The number of pyridine rings is 1. The van der Waals surface area contributed by atoms with E-state index in [1.807, 2.05) is 43.5 Å². The zero-order valence-electron chi connectivity index (χ0n) is 12.1. The van der Waals surface area contributed by atoms with Crippen LogP contribution in [0.2, 0.25) is 5.02 Å². The highest BCUT2D eigenvalue weighted by atomic mass is 35.5. The van der Waals surface area contributed by atoms with E-state index in [-0.39, 0.29) is 0 Å². The number of aromatic nitrogens is 4. The van der Waals surface area contributed by atoms with Crippen molar-refractivity contribution in [1.82, 2.24) is 19.6 Å². The fraction of sp³-hybridized carbons (Fsp3) is 0.0625. The predicted octanol–water partition coefficient (Wildman–Crippen LogP) is 4.61. The van der Waals surface area contributed by atoms with Crippen LogP contribution in [0, 0.1) is 6.92 Å².